The minimum absolute atomic E-state index is 0.0417. The maximum atomic E-state index is 12.8. The van der Waals surface area contributed by atoms with Crippen molar-refractivity contribution in [2.45, 2.75) is 16.0 Å². The van der Waals surface area contributed by atoms with E-state index in [2.05, 4.69) is 20.6 Å². The van der Waals surface area contributed by atoms with Gasteiger partial charge in [0.1, 0.15) is 12.5 Å². The highest BCUT2D eigenvalue weighted by molar-refractivity contribution is 7.91. The second-order valence-electron chi connectivity index (χ2n) is 7.11. The van der Waals surface area contributed by atoms with Crippen LogP contribution in [0.15, 0.2) is 95.1 Å². The van der Waals surface area contributed by atoms with Crippen molar-refractivity contribution in [3.63, 3.8) is 0 Å². The lowest BCUT2D eigenvalue weighted by Crippen LogP contribution is -2.35. The largest absolute Gasteiger partial charge is 0.369 e. The molecule has 0 saturated carbocycles. The molecular weight excluding hydrogens is 426 g/mol. The molecule has 0 saturated heterocycles. The van der Waals surface area contributed by atoms with Crippen LogP contribution in [0.4, 0.5) is 5.69 Å². The molecular formula is C23H21N5O3S. The van der Waals surface area contributed by atoms with Crippen LogP contribution in [0.25, 0.3) is 10.9 Å². The SMILES string of the molecule is NC(=O)CNC(Nc1ccc(S(=O)(=O)c2ccccc2)cc1)c1ccc2cncnc2c1. The van der Waals surface area contributed by atoms with Crippen LogP contribution in [0.3, 0.4) is 0 Å². The molecule has 0 spiro atoms. The number of hydrogen-bond donors (Lipinski definition) is 3. The van der Waals surface area contributed by atoms with Crippen LogP contribution in [0.2, 0.25) is 0 Å². The number of rotatable bonds is 8. The van der Waals surface area contributed by atoms with Gasteiger partial charge >= 0.3 is 0 Å². The van der Waals surface area contributed by atoms with E-state index in [1.54, 1.807) is 60.8 Å². The number of hydrogen-bond acceptors (Lipinski definition) is 7. The Balaban J connectivity index is 1.60. The number of benzene rings is 3. The first-order chi connectivity index (χ1) is 15.4. The van der Waals surface area contributed by atoms with Crippen molar-refractivity contribution < 1.29 is 13.2 Å². The minimum Gasteiger partial charge on any atom is -0.369 e. The molecule has 4 rings (SSSR count). The van der Waals surface area contributed by atoms with E-state index >= 15 is 0 Å². The third kappa shape index (κ3) is 4.74. The number of fused-ring (bicyclic) bond motifs is 1. The molecule has 32 heavy (non-hydrogen) atoms. The molecule has 0 aliphatic carbocycles. The summed E-state index contributed by atoms with van der Waals surface area (Å²) in [6.07, 6.45) is 2.73. The van der Waals surface area contributed by atoms with Crippen LogP contribution in [-0.2, 0) is 14.6 Å². The molecule has 4 aromatic rings. The van der Waals surface area contributed by atoms with Gasteiger partial charge in [0.25, 0.3) is 0 Å². The highest BCUT2D eigenvalue weighted by Crippen LogP contribution is 2.25. The molecule has 1 amide bonds. The average molecular weight is 448 g/mol. The molecule has 0 aliphatic heterocycles. The molecule has 0 bridgehead atoms. The van der Waals surface area contributed by atoms with E-state index in [9.17, 15) is 13.2 Å². The van der Waals surface area contributed by atoms with Crippen LogP contribution in [0, 0.1) is 0 Å². The Hall–Kier alpha value is -3.82. The molecule has 0 fully saturated rings. The highest BCUT2D eigenvalue weighted by Gasteiger charge is 2.18. The van der Waals surface area contributed by atoms with Crippen molar-refractivity contribution in [3.8, 4) is 0 Å². The van der Waals surface area contributed by atoms with Crippen LogP contribution in [-0.4, -0.2) is 30.8 Å². The Bertz CT molecular complexity index is 1340. The number of nitrogens with two attached hydrogens (primary N) is 1. The molecule has 0 aliphatic rings. The van der Waals surface area contributed by atoms with E-state index in [4.69, 9.17) is 5.73 Å². The topological polar surface area (TPSA) is 127 Å². The zero-order valence-electron chi connectivity index (χ0n) is 17.0. The second-order valence-corrected chi connectivity index (χ2v) is 9.06. The number of carbonyl (C=O) groups excluding carboxylic acids is 1. The van der Waals surface area contributed by atoms with Gasteiger partial charge in [0.15, 0.2) is 0 Å². The smallest absolute Gasteiger partial charge is 0.231 e. The van der Waals surface area contributed by atoms with Gasteiger partial charge in [0.05, 0.1) is 21.9 Å². The van der Waals surface area contributed by atoms with E-state index < -0.39 is 21.9 Å². The molecule has 0 radical (unpaired) electrons. The Morgan fingerprint density at radius 1 is 0.969 bits per heavy atom. The fourth-order valence-electron chi connectivity index (χ4n) is 3.26. The second kappa shape index (κ2) is 9.13. The van der Waals surface area contributed by atoms with Gasteiger partial charge < -0.3 is 11.1 Å². The average Bonchev–Trinajstić information content (AvgIpc) is 2.82. The number of aromatic nitrogens is 2. The Labute approximate surface area is 185 Å². The zero-order valence-corrected chi connectivity index (χ0v) is 17.8. The third-order valence-electron chi connectivity index (χ3n) is 4.87. The Morgan fingerprint density at radius 3 is 2.41 bits per heavy atom. The molecule has 162 valence electrons. The Morgan fingerprint density at radius 2 is 1.69 bits per heavy atom. The summed E-state index contributed by atoms with van der Waals surface area (Å²) in [5, 5.41) is 7.24. The number of sulfone groups is 1. The summed E-state index contributed by atoms with van der Waals surface area (Å²) in [5.74, 6) is -0.496. The molecule has 1 aromatic heterocycles. The molecule has 8 nitrogen and oxygen atoms in total. The quantitative estimate of drug-likeness (QED) is 0.354. The van der Waals surface area contributed by atoms with E-state index in [1.165, 1.54) is 6.33 Å². The van der Waals surface area contributed by atoms with Crippen LogP contribution < -0.4 is 16.4 Å². The lowest BCUT2D eigenvalue weighted by molar-refractivity contribution is -0.117. The monoisotopic (exact) mass is 447 g/mol. The number of nitrogens with one attached hydrogen (secondary N) is 2. The summed E-state index contributed by atoms with van der Waals surface area (Å²) in [6, 6.07) is 20.4. The van der Waals surface area contributed by atoms with Gasteiger partial charge in [-0.05, 0) is 48.0 Å². The van der Waals surface area contributed by atoms with Crippen LogP contribution >= 0.6 is 0 Å². The molecule has 9 heteroatoms. The van der Waals surface area contributed by atoms with E-state index in [0.717, 1.165) is 16.5 Å². The van der Waals surface area contributed by atoms with Crippen molar-refractivity contribution in [3.05, 3.63) is 90.9 Å². The van der Waals surface area contributed by atoms with Crippen molar-refractivity contribution in [2.24, 2.45) is 5.73 Å². The number of primary amides is 1. The van der Waals surface area contributed by atoms with Gasteiger partial charge in [-0.15, -0.1) is 0 Å². The normalized spacial score (nSPS) is 12.4. The van der Waals surface area contributed by atoms with Gasteiger partial charge in [-0.1, -0.05) is 30.3 Å². The predicted octanol–water partition coefficient (Wildman–Crippen LogP) is 2.65. The first-order valence-electron chi connectivity index (χ1n) is 9.81. The predicted molar refractivity (Wildman–Crippen MR) is 121 cm³/mol. The van der Waals surface area contributed by atoms with Crippen LogP contribution in [0.5, 0.6) is 0 Å². The van der Waals surface area contributed by atoms with Gasteiger partial charge in [0, 0.05) is 17.3 Å². The minimum atomic E-state index is -3.60. The molecule has 1 unspecified atom stereocenters. The molecule has 1 atom stereocenters. The summed E-state index contributed by atoms with van der Waals surface area (Å²) in [6.45, 7) is -0.0417. The van der Waals surface area contributed by atoms with Crippen LogP contribution in [0.1, 0.15) is 11.7 Å². The number of carbonyl (C=O) groups is 1. The van der Waals surface area contributed by atoms with Crippen molar-refractivity contribution in [2.75, 3.05) is 11.9 Å². The van der Waals surface area contributed by atoms with Crippen molar-refractivity contribution in [1.82, 2.24) is 15.3 Å². The molecule has 4 N–H and O–H groups in total. The van der Waals surface area contributed by atoms with E-state index in [-0.39, 0.29) is 16.3 Å². The van der Waals surface area contributed by atoms with E-state index in [1.807, 2.05) is 18.2 Å². The fraction of sp³-hybridized carbons (Fsp3) is 0.0870. The summed E-state index contributed by atoms with van der Waals surface area (Å²) < 4.78 is 25.6. The summed E-state index contributed by atoms with van der Waals surface area (Å²) >= 11 is 0. The summed E-state index contributed by atoms with van der Waals surface area (Å²) in [4.78, 5) is 20.0. The van der Waals surface area contributed by atoms with Crippen molar-refractivity contribution >= 4 is 32.3 Å². The van der Waals surface area contributed by atoms with E-state index in [0.29, 0.717) is 5.69 Å². The van der Waals surface area contributed by atoms with Gasteiger partial charge in [-0.2, -0.15) is 0 Å². The number of nitrogens with zero attached hydrogens (tertiary/aromatic N) is 2. The van der Waals surface area contributed by atoms with Gasteiger partial charge in [0.2, 0.25) is 15.7 Å². The summed E-state index contributed by atoms with van der Waals surface area (Å²) in [5.41, 5.74) is 7.57. The lowest BCUT2D eigenvalue weighted by atomic mass is 10.1. The molecule has 3 aromatic carbocycles. The highest BCUT2D eigenvalue weighted by atomic mass is 32.2. The third-order valence-corrected chi connectivity index (χ3v) is 6.66. The standard InChI is InChI=1S/C23H21N5O3S/c24-22(29)14-26-23(16-6-7-17-13-25-15-27-21(17)12-16)28-18-8-10-20(11-9-18)32(30,31)19-4-2-1-3-5-19/h1-13,15,23,26,28H,14H2,(H2,24,29). The zero-order chi connectivity index (χ0) is 22.6. The van der Waals surface area contributed by atoms with Gasteiger partial charge in [-0.3, -0.25) is 10.1 Å². The van der Waals surface area contributed by atoms with Gasteiger partial charge in [-0.25, -0.2) is 18.4 Å². The maximum absolute atomic E-state index is 12.8. The maximum Gasteiger partial charge on any atom is 0.231 e. The Kier molecular flexibility index (Phi) is 6.11. The summed E-state index contributed by atoms with van der Waals surface area (Å²) in [7, 11) is -3.60. The lowest BCUT2D eigenvalue weighted by Gasteiger charge is -2.22. The molecule has 1 heterocycles. The number of anilines is 1. The first-order valence-corrected chi connectivity index (χ1v) is 11.3. The number of amides is 1. The van der Waals surface area contributed by atoms with Crippen molar-refractivity contribution in [1.29, 1.82) is 0 Å². The fourth-order valence-corrected chi connectivity index (χ4v) is 4.54. The first kappa shape index (κ1) is 21.4.